The molecule has 0 aromatic heterocycles. The normalized spacial score (nSPS) is 13.7. The minimum absolute atomic E-state index is 0.648. The van der Waals surface area contributed by atoms with Crippen LogP contribution in [0, 0.1) is 5.41 Å². The summed E-state index contributed by atoms with van der Waals surface area (Å²) in [6.07, 6.45) is 1.07. The van der Waals surface area contributed by atoms with E-state index in [0.29, 0.717) is 5.84 Å². The molecule has 0 fully saturated rings. The number of hydrogen-bond acceptors (Lipinski definition) is 1. The minimum atomic E-state index is 0.648. The third-order valence-corrected chi connectivity index (χ3v) is 3.75. The number of fused-ring (bicyclic) bond motifs is 1. The molecule has 96 valence electrons. The average Bonchev–Trinajstić information content (AvgIpc) is 2.77. The molecule has 2 nitrogen and oxygen atoms in total. The molecule has 1 aliphatic rings. The summed E-state index contributed by atoms with van der Waals surface area (Å²) >= 11 is 0. The van der Waals surface area contributed by atoms with E-state index < -0.39 is 0 Å². The van der Waals surface area contributed by atoms with Gasteiger partial charge >= 0.3 is 0 Å². The molecule has 0 aliphatic carbocycles. The van der Waals surface area contributed by atoms with Gasteiger partial charge in [-0.2, -0.15) is 0 Å². The molecule has 2 heteroatoms. The Morgan fingerprint density at radius 2 is 1.68 bits per heavy atom. The van der Waals surface area contributed by atoms with Gasteiger partial charge in [0.2, 0.25) is 0 Å². The fourth-order valence-corrected chi connectivity index (χ4v) is 2.58. The van der Waals surface area contributed by atoms with E-state index in [-0.39, 0.29) is 0 Å². The molecule has 2 aromatic carbocycles. The SMILES string of the molecule is CCc1ccc(CN2Cc3ccccc3C2=N)cc1. The second-order valence-electron chi connectivity index (χ2n) is 5.03. The number of nitrogens with one attached hydrogen (secondary N) is 1. The van der Waals surface area contributed by atoms with Crippen molar-refractivity contribution in [2.75, 3.05) is 0 Å². The van der Waals surface area contributed by atoms with Crippen molar-refractivity contribution in [1.29, 1.82) is 5.41 Å². The van der Waals surface area contributed by atoms with Crippen LogP contribution in [0.15, 0.2) is 48.5 Å². The van der Waals surface area contributed by atoms with Crippen LogP contribution in [0.3, 0.4) is 0 Å². The van der Waals surface area contributed by atoms with Crippen LogP contribution in [0.5, 0.6) is 0 Å². The van der Waals surface area contributed by atoms with E-state index in [1.165, 1.54) is 16.7 Å². The predicted octanol–water partition coefficient (Wildman–Crippen LogP) is 3.59. The summed E-state index contributed by atoms with van der Waals surface area (Å²) in [6, 6.07) is 16.9. The standard InChI is InChI=1S/C17H18N2/c1-2-13-7-9-14(10-8-13)11-19-12-15-5-3-4-6-16(15)17(19)18/h3-10,18H,2,11-12H2,1H3. The number of nitrogens with zero attached hydrogens (tertiary/aromatic N) is 1. The van der Waals surface area contributed by atoms with E-state index in [4.69, 9.17) is 5.41 Å². The van der Waals surface area contributed by atoms with Gasteiger partial charge in [-0.05, 0) is 23.1 Å². The molecule has 0 bridgehead atoms. The van der Waals surface area contributed by atoms with E-state index in [0.717, 1.165) is 25.1 Å². The second kappa shape index (κ2) is 4.88. The molecule has 0 radical (unpaired) electrons. The zero-order chi connectivity index (χ0) is 13.2. The molecule has 1 N–H and O–H groups in total. The van der Waals surface area contributed by atoms with Crippen LogP contribution in [0.1, 0.15) is 29.2 Å². The topological polar surface area (TPSA) is 27.1 Å². The number of rotatable bonds is 3. The maximum absolute atomic E-state index is 8.24. The Bertz CT molecular complexity index is 599. The third-order valence-electron chi connectivity index (χ3n) is 3.75. The Labute approximate surface area is 114 Å². The minimum Gasteiger partial charge on any atom is -0.348 e. The van der Waals surface area contributed by atoms with Crippen molar-refractivity contribution in [2.45, 2.75) is 26.4 Å². The molecule has 0 atom stereocenters. The zero-order valence-corrected chi connectivity index (χ0v) is 11.2. The summed E-state index contributed by atoms with van der Waals surface area (Å²) in [7, 11) is 0. The molecule has 2 aromatic rings. The van der Waals surface area contributed by atoms with E-state index >= 15 is 0 Å². The quantitative estimate of drug-likeness (QED) is 0.885. The molecule has 1 aliphatic heterocycles. The summed E-state index contributed by atoms with van der Waals surface area (Å²) < 4.78 is 0. The van der Waals surface area contributed by atoms with Crippen molar-refractivity contribution in [3.05, 3.63) is 70.8 Å². The van der Waals surface area contributed by atoms with Crippen molar-refractivity contribution in [3.63, 3.8) is 0 Å². The first-order chi connectivity index (χ1) is 9.28. The smallest absolute Gasteiger partial charge is 0.129 e. The van der Waals surface area contributed by atoms with Crippen LogP contribution in [-0.2, 0) is 19.5 Å². The highest BCUT2D eigenvalue weighted by Gasteiger charge is 2.23. The lowest BCUT2D eigenvalue weighted by Gasteiger charge is -2.18. The highest BCUT2D eigenvalue weighted by Crippen LogP contribution is 2.24. The van der Waals surface area contributed by atoms with Gasteiger partial charge in [-0.3, -0.25) is 5.41 Å². The van der Waals surface area contributed by atoms with Crippen molar-refractivity contribution in [3.8, 4) is 0 Å². The van der Waals surface area contributed by atoms with Crippen molar-refractivity contribution in [2.24, 2.45) is 0 Å². The lowest BCUT2D eigenvalue weighted by Crippen LogP contribution is -2.23. The van der Waals surface area contributed by atoms with Gasteiger partial charge in [-0.1, -0.05) is 55.5 Å². The van der Waals surface area contributed by atoms with E-state index in [9.17, 15) is 0 Å². The molecular formula is C17H18N2. The summed E-state index contributed by atoms with van der Waals surface area (Å²) in [5.41, 5.74) is 4.98. The third kappa shape index (κ3) is 2.26. The molecule has 19 heavy (non-hydrogen) atoms. The highest BCUT2D eigenvalue weighted by molar-refractivity contribution is 6.00. The molecule has 1 heterocycles. The highest BCUT2D eigenvalue weighted by atomic mass is 15.2. The Hall–Kier alpha value is -2.09. The average molecular weight is 250 g/mol. The van der Waals surface area contributed by atoms with Crippen LogP contribution >= 0.6 is 0 Å². The number of benzene rings is 2. The molecule has 3 rings (SSSR count). The van der Waals surface area contributed by atoms with Gasteiger partial charge in [0.15, 0.2) is 0 Å². The van der Waals surface area contributed by atoms with Crippen LogP contribution < -0.4 is 0 Å². The fraction of sp³-hybridized carbons (Fsp3) is 0.235. The summed E-state index contributed by atoms with van der Waals surface area (Å²) in [4.78, 5) is 2.13. The van der Waals surface area contributed by atoms with E-state index in [1.54, 1.807) is 0 Å². The van der Waals surface area contributed by atoms with Crippen LogP contribution in [-0.4, -0.2) is 10.7 Å². The Balaban J connectivity index is 1.77. The number of aryl methyl sites for hydroxylation is 1. The van der Waals surface area contributed by atoms with Crippen LogP contribution in [0.2, 0.25) is 0 Å². The summed E-state index contributed by atoms with van der Waals surface area (Å²) in [6.45, 7) is 3.84. The maximum Gasteiger partial charge on any atom is 0.129 e. The van der Waals surface area contributed by atoms with Gasteiger partial charge in [0.25, 0.3) is 0 Å². The fourth-order valence-electron chi connectivity index (χ4n) is 2.58. The summed E-state index contributed by atoms with van der Waals surface area (Å²) in [5, 5.41) is 8.24. The monoisotopic (exact) mass is 250 g/mol. The van der Waals surface area contributed by atoms with Gasteiger partial charge in [0.1, 0.15) is 5.84 Å². The van der Waals surface area contributed by atoms with E-state index in [2.05, 4.69) is 42.2 Å². The van der Waals surface area contributed by atoms with Crippen LogP contribution in [0.4, 0.5) is 0 Å². The van der Waals surface area contributed by atoms with Crippen molar-refractivity contribution in [1.82, 2.24) is 4.90 Å². The maximum atomic E-state index is 8.24. The lowest BCUT2D eigenvalue weighted by molar-refractivity contribution is 0.422. The molecular weight excluding hydrogens is 232 g/mol. The Morgan fingerprint density at radius 3 is 2.37 bits per heavy atom. The first-order valence-corrected chi connectivity index (χ1v) is 6.77. The number of amidine groups is 1. The molecule has 0 spiro atoms. The van der Waals surface area contributed by atoms with Gasteiger partial charge < -0.3 is 4.90 Å². The van der Waals surface area contributed by atoms with Crippen LogP contribution in [0.25, 0.3) is 0 Å². The molecule has 0 saturated heterocycles. The summed E-state index contributed by atoms with van der Waals surface area (Å²) in [5.74, 6) is 0.648. The van der Waals surface area contributed by atoms with Crippen molar-refractivity contribution < 1.29 is 0 Å². The van der Waals surface area contributed by atoms with Gasteiger partial charge in [-0.25, -0.2) is 0 Å². The lowest BCUT2D eigenvalue weighted by atomic mass is 10.1. The van der Waals surface area contributed by atoms with Gasteiger partial charge in [0, 0.05) is 18.7 Å². The Kier molecular flexibility index (Phi) is 3.08. The Morgan fingerprint density at radius 1 is 1.00 bits per heavy atom. The largest absolute Gasteiger partial charge is 0.348 e. The predicted molar refractivity (Wildman–Crippen MR) is 78.3 cm³/mol. The van der Waals surface area contributed by atoms with Gasteiger partial charge in [-0.15, -0.1) is 0 Å². The first-order valence-electron chi connectivity index (χ1n) is 6.77. The molecule has 0 saturated carbocycles. The second-order valence-corrected chi connectivity index (χ2v) is 5.03. The number of hydrogen-bond donors (Lipinski definition) is 1. The molecule has 0 unspecified atom stereocenters. The molecule has 0 amide bonds. The van der Waals surface area contributed by atoms with Crippen molar-refractivity contribution >= 4 is 5.84 Å². The van der Waals surface area contributed by atoms with Gasteiger partial charge in [0.05, 0.1) is 0 Å². The zero-order valence-electron chi connectivity index (χ0n) is 11.2. The van der Waals surface area contributed by atoms with E-state index in [1.807, 2.05) is 18.2 Å². The first kappa shape index (κ1) is 12.0.